The van der Waals surface area contributed by atoms with Gasteiger partial charge in [0.15, 0.2) is 0 Å². The number of para-hydroxylation sites is 1. The fourth-order valence-electron chi connectivity index (χ4n) is 4.11. The number of imidazole rings is 1. The molecule has 2 aromatic heterocycles. The molecule has 0 bridgehead atoms. The van der Waals surface area contributed by atoms with E-state index in [-0.39, 0.29) is 5.91 Å². The zero-order valence-electron chi connectivity index (χ0n) is 16.0. The summed E-state index contributed by atoms with van der Waals surface area (Å²) >= 11 is 0. The number of aliphatic hydroxyl groups is 1. The number of hydrogen-bond acceptors (Lipinski definition) is 4. The second-order valence-electron chi connectivity index (χ2n) is 7.82. The van der Waals surface area contributed by atoms with Gasteiger partial charge in [-0.25, -0.2) is 4.98 Å². The number of nitrogens with two attached hydrogens (primary N) is 1. The molecule has 1 saturated heterocycles. The number of likely N-dealkylation sites (tertiary alicyclic amines) is 1. The number of primary amides is 1. The summed E-state index contributed by atoms with van der Waals surface area (Å²) in [6.07, 6.45) is 9.35. The van der Waals surface area contributed by atoms with Crippen molar-refractivity contribution < 1.29 is 9.90 Å². The lowest BCUT2D eigenvalue weighted by Crippen LogP contribution is -2.46. The molecule has 0 aliphatic carbocycles. The Hall–Kier alpha value is -2.64. The standard InChI is InChI=1S/C21H27N5O2/c22-20(27)5-9-26-14-17(18-3-1-2-4-19(18)26)13-24-10-6-21(28,7-11-24)15-25-12-8-23-16-25/h1-4,8,12,14,16,28H,5-7,9-11,13,15H2,(H2,22,27). The summed E-state index contributed by atoms with van der Waals surface area (Å²) in [6, 6.07) is 8.28. The number of rotatable bonds is 7. The van der Waals surface area contributed by atoms with Gasteiger partial charge in [-0.1, -0.05) is 18.2 Å². The number of aromatic nitrogens is 3. The number of benzene rings is 1. The van der Waals surface area contributed by atoms with Crippen LogP contribution in [0.1, 0.15) is 24.8 Å². The van der Waals surface area contributed by atoms with E-state index in [9.17, 15) is 9.90 Å². The SMILES string of the molecule is NC(=O)CCn1cc(CN2CCC(O)(Cn3ccnc3)CC2)c2ccccc21. The molecule has 148 valence electrons. The van der Waals surface area contributed by atoms with Crippen molar-refractivity contribution in [2.75, 3.05) is 13.1 Å². The Balaban J connectivity index is 1.43. The van der Waals surface area contributed by atoms with Crippen LogP contribution in [-0.4, -0.2) is 48.7 Å². The average Bonchev–Trinajstić information content (AvgIpc) is 3.30. The molecule has 4 rings (SSSR count). The third-order valence-electron chi connectivity index (χ3n) is 5.69. The number of hydrogen-bond donors (Lipinski definition) is 2. The van der Waals surface area contributed by atoms with Gasteiger partial charge in [0.1, 0.15) is 0 Å². The third kappa shape index (κ3) is 4.10. The van der Waals surface area contributed by atoms with E-state index in [1.54, 1.807) is 12.5 Å². The van der Waals surface area contributed by atoms with Gasteiger partial charge in [0.05, 0.1) is 18.5 Å². The van der Waals surface area contributed by atoms with Gasteiger partial charge in [0, 0.05) is 62.1 Å². The first-order valence-electron chi connectivity index (χ1n) is 9.78. The number of carbonyl (C=O) groups excluding carboxylic acids is 1. The summed E-state index contributed by atoms with van der Waals surface area (Å²) < 4.78 is 4.07. The molecule has 1 aliphatic rings. The fourth-order valence-corrected chi connectivity index (χ4v) is 4.11. The van der Waals surface area contributed by atoms with Gasteiger partial charge >= 0.3 is 0 Å². The van der Waals surface area contributed by atoms with Crippen molar-refractivity contribution in [2.24, 2.45) is 5.73 Å². The monoisotopic (exact) mass is 381 g/mol. The van der Waals surface area contributed by atoms with Crippen molar-refractivity contribution >= 4 is 16.8 Å². The second-order valence-corrected chi connectivity index (χ2v) is 7.82. The molecule has 0 atom stereocenters. The molecule has 1 fully saturated rings. The lowest BCUT2D eigenvalue weighted by molar-refractivity contribution is -0.118. The van der Waals surface area contributed by atoms with Crippen LogP contribution in [0.25, 0.3) is 10.9 Å². The van der Waals surface area contributed by atoms with E-state index < -0.39 is 5.60 Å². The molecule has 1 aliphatic heterocycles. The molecule has 28 heavy (non-hydrogen) atoms. The summed E-state index contributed by atoms with van der Waals surface area (Å²) in [7, 11) is 0. The average molecular weight is 381 g/mol. The third-order valence-corrected chi connectivity index (χ3v) is 5.69. The number of aryl methyl sites for hydroxylation is 1. The van der Waals surface area contributed by atoms with Gasteiger partial charge in [-0.2, -0.15) is 0 Å². The van der Waals surface area contributed by atoms with Crippen LogP contribution in [-0.2, 0) is 24.4 Å². The van der Waals surface area contributed by atoms with Crippen LogP contribution in [0.15, 0.2) is 49.2 Å². The zero-order chi connectivity index (χ0) is 19.6. The predicted octanol–water partition coefficient (Wildman–Crippen LogP) is 1.74. The van der Waals surface area contributed by atoms with Gasteiger partial charge in [-0.05, 0) is 24.5 Å². The first-order valence-corrected chi connectivity index (χ1v) is 9.78. The van der Waals surface area contributed by atoms with Crippen molar-refractivity contribution in [1.29, 1.82) is 0 Å². The van der Waals surface area contributed by atoms with Crippen LogP contribution in [0, 0.1) is 0 Å². The first-order chi connectivity index (χ1) is 13.5. The largest absolute Gasteiger partial charge is 0.388 e. The summed E-state index contributed by atoms with van der Waals surface area (Å²) in [6.45, 7) is 3.73. The van der Waals surface area contributed by atoms with Gasteiger partial charge in [0.25, 0.3) is 0 Å². The minimum absolute atomic E-state index is 0.285. The topological polar surface area (TPSA) is 89.3 Å². The van der Waals surface area contributed by atoms with Crippen LogP contribution in [0.5, 0.6) is 0 Å². The molecule has 1 amide bonds. The molecule has 1 aromatic carbocycles. The zero-order valence-corrected chi connectivity index (χ0v) is 16.0. The van der Waals surface area contributed by atoms with Crippen LogP contribution in [0.4, 0.5) is 0 Å². The van der Waals surface area contributed by atoms with Gasteiger partial charge in [-0.3, -0.25) is 9.69 Å². The smallest absolute Gasteiger partial charge is 0.219 e. The maximum atomic E-state index is 11.2. The fraction of sp³-hybridized carbons (Fsp3) is 0.429. The molecule has 0 unspecified atom stereocenters. The van der Waals surface area contributed by atoms with Crippen molar-refractivity contribution in [3.8, 4) is 0 Å². The highest BCUT2D eigenvalue weighted by Gasteiger charge is 2.32. The Labute approximate surface area is 164 Å². The molecular weight excluding hydrogens is 354 g/mol. The molecule has 7 nitrogen and oxygen atoms in total. The second kappa shape index (κ2) is 7.77. The van der Waals surface area contributed by atoms with Gasteiger partial charge in [-0.15, -0.1) is 0 Å². The Morgan fingerprint density at radius 1 is 1.25 bits per heavy atom. The highest BCUT2D eigenvalue weighted by molar-refractivity contribution is 5.84. The molecule has 3 aromatic rings. The molecule has 3 N–H and O–H groups in total. The highest BCUT2D eigenvalue weighted by Crippen LogP contribution is 2.28. The summed E-state index contributed by atoms with van der Waals surface area (Å²) in [4.78, 5) is 17.6. The maximum Gasteiger partial charge on any atom is 0.219 e. The normalized spacial score (nSPS) is 17.2. The van der Waals surface area contributed by atoms with E-state index in [4.69, 9.17) is 5.73 Å². The van der Waals surface area contributed by atoms with Gasteiger partial charge < -0.3 is 20.0 Å². The molecule has 0 saturated carbocycles. The minimum Gasteiger partial charge on any atom is -0.388 e. The first kappa shape index (κ1) is 18.7. The number of amides is 1. The van der Waals surface area contributed by atoms with Crippen molar-refractivity contribution in [1.82, 2.24) is 19.0 Å². The number of fused-ring (bicyclic) bond motifs is 1. The molecule has 0 radical (unpaired) electrons. The Kier molecular flexibility index (Phi) is 5.19. The van der Waals surface area contributed by atoms with E-state index in [1.807, 2.05) is 22.9 Å². The predicted molar refractivity (Wildman–Crippen MR) is 107 cm³/mol. The van der Waals surface area contributed by atoms with Crippen molar-refractivity contribution in [3.63, 3.8) is 0 Å². The summed E-state index contributed by atoms with van der Waals surface area (Å²) in [5.74, 6) is -0.285. The Bertz CT molecular complexity index is 939. The summed E-state index contributed by atoms with van der Waals surface area (Å²) in [5.41, 5.74) is 7.03. The Morgan fingerprint density at radius 3 is 2.75 bits per heavy atom. The number of carbonyl (C=O) groups is 1. The number of nitrogens with zero attached hydrogens (tertiary/aromatic N) is 4. The molecule has 3 heterocycles. The molecule has 7 heteroatoms. The molecular formula is C21H27N5O2. The van der Waals surface area contributed by atoms with Gasteiger partial charge in [0.2, 0.25) is 5.91 Å². The van der Waals surface area contributed by atoms with E-state index in [0.29, 0.717) is 19.5 Å². The summed E-state index contributed by atoms with van der Waals surface area (Å²) in [5, 5.41) is 12.1. The number of piperidine rings is 1. The Morgan fingerprint density at radius 2 is 2.04 bits per heavy atom. The van der Waals surface area contributed by atoms with E-state index in [1.165, 1.54) is 10.9 Å². The van der Waals surface area contributed by atoms with Crippen LogP contribution < -0.4 is 5.73 Å². The van der Waals surface area contributed by atoms with E-state index in [0.717, 1.165) is 38.0 Å². The van der Waals surface area contributed by atoms with Crippen molar-refractivity contribution in [3.05, 3.63) is 54.7 Å². The maximum absolute atomic E-state index is 11.2. The van der Waals surface area contributed by atoms with E-state index >= 15 is 0 Å². The highest BCUT2D eigenvalue weighted by atomic mass is 16.3. The lowest BCUT2D eigenvalue weighted by atomic mass is 9.91. The van der Waals surface area contributed by atoms with Crippen LogP contribution >= 0.6 is 0 Å². The minimum atomic E-state index is -0.674. The molecule has 0 spiro atoms. The quantitative estimate of drug-likeness (QED) is 0.652. The van der Waals surface area contributed by atoms with Crippen LogP contribution in [0.2, 0.25) is 0 Å². The van der Waals surface area contributed by atoms with E-state index in [2.05, 4.69) is 32.8 Å². The van der Waals surface area contributed by atoms with Crippen LogP contribution in [0.3, 0.4) is 0 Å². The lowest BCUT2D eigenvalue weighted by Gasteiger charge is -2.38. The van der Waals surface area contributed by atoms with Crippen molar-refractivity contribution in [2.45, 2.75) is 44.5 Å².